The fraction of sp³-hybridized carbons (Fsp3) is 0.343. The molecule has 2 aliphatic heterocycles. The monoisotopic (exact) mass is 643 g/mol. The van der Waals surface area contributed by atoms with E-state index in [9.17, 15) is 18.0 Å². The van der Waals surface area contributed by atoms with Crippen LogP contribution in [0.3, 0.4) is 0 Å². The maximum absolute atomic E-state index is 13.6. The summed E-state index contributed by atoms with van der Waals surface area (Å²) in [6.07, 6.45) is 3.02. The van der Waals surface area contributed by atoms with E-state index in [1.807, 2.05) is 37.3 Å². The van der Waals surface area contributed by atoms with Crippen LogP contribution < -0.4 is 16.8 Å². The molecule has 0 saturated heterocycles. The summed E-state index contributed by atoms with van der Waals surface area (Å²) in [5.41, 5.74) is 16.2. The molecule has 3 aromatic carbocycles. The molecule has 5 rings (SSSR count). The number of esters is 1. The van der Waals surface area contributed by atoms with Crippen LogP contribution >= 0.6 is 0 Å². The Morgan fingerprint density at radius 2 is 1.80 bits per heavy atom. The molecule has 10 nitrogen and oxygen atoms in total. The summed E-state index contributed by atoms with van der Waals surface area (Å²) >= 11 is 0. The lowest BCUT2D eigenvalue weighted by atomic mass is 9.80. The van der Waals surface area contributed by atoms with E-state index in [1.165, 1.54) is 5.56 Å². The molecule has 0 aliphatic carbocycles. The van der Waals surface area contributed by atoms with Gasteiger partial charge in [0.15, 0.2) is 11.3 Å². The zero-order valence-electron chi connectivity index (χ0n) is 26.2. The Morgan fingerprint density at radius 1 is 1.04 bits per heavy atom. The molecule has 0 fully saturated rings. The maximum atomic E-state index is 13.6. The Labute approximate surface area is 270 Å². The Balaban J connectivity index is 1.31. The molecular formula is C35H41N5O5S. The van der Waals surface area contributed by atoms with E-state index in [1.54, 1.807) is 43.3 Å². The van der Waals surface area contributed by atoms with Gasteiger partial charge in [-0.1, -0.05) is 66.2 Å². The van der Waals surface area contributed by atoms with Crippen LogP contribution in [0, 0.1) is 0 Å². The predicted molar refractivity (Wildman–Crippen MR) is 177 cm³/mol. The average molecular weight is 644 g/mol. The van der Waals surface area contributed by atoms with Crippen LogP contribution in [0.25, 0.3) is 0 Å². The molecule has 0 radical (unpaired) electrons. The van der Waals surface area contributed by atoms with Crippen LogP contribution in [-0.4, -0.2) is 62.2 Å². The summed E-state index contributed by atoms with van der Waals surface area (Å²) < 4.78 is 36.0. The number of sulfonamides is 1. The highest BCUT2D eigenvalue weighted by molar-refractivity contribution is 7.90. The molecule has 46 heavy (non-hydrogen) atoms. The lowest BCUT2D eigenvalue weighted by Gasteiger charge is -2.35. The third-order valence-electron chi connectivity index (χ3n) is 8.49. The van der Waals surface area contributed by atoms with Gasteiger partial charge in [-0.3, -0.25) is 15.0 Å². The highest BCUT2D eigenvalue weighted by Crippen LogP contribution is 2.27. The number of amidine groups is 1. The topological polar surface area (TPSA) is 157 Å². The van der Waals surface area contributed by atoms with Crippen LogP contribution in [0.2, 0.25) is 0 Å². The fourth-order valence-electron chi connectivity index (χ4n) is 6.11. The van der Waals surface area contributed by atoms with Gasteiger partial charge in [0.25, 0.3) is 10.0 Å². The van der Waals surface area contributed by atoms with E-state index in [-0.39, 0.29) is 30.2 Å². The summed E-state index contributed by atoms with van der Waals surface area (Å²) in [7, 11) is -4.11. The molecule has 0 spiro atoms. The minimum absolute atomic E-state index is 0.0770. The van der Waals surface area contributed by atoms with Gasteiger partial charge in [-0.2, -0.15) is 8.42 Å². The lowest BCUT2D eigenvalue weighted by molar-refractivity contribution is -0.156. The van der Waals surface area contributed by atoms with Crippen LogP contribution in [0.15, 0.2) is 93.7 Å². The Hall–Kier alpha value is -4.16. The zero-order valence-corrected chi connectivity index (χ0v) is 27.1. The van der Waals surface area contributed by atoms with Gasteiger partial charge in [0.1, 0.15) is 5.84 Å². The molecule has 11 heteroatoms. The molecule has 0 amide bonds. The Bertz CT molecular complexity index is 1770. The summed E-state index contributed by atoms with van der Waals surface area (Å²) in [5.74, 6) is -1.30. The number of rotatable bonds is 11. The van der Waals surface area contributed by atoms with Crippen molar-refractivity contribution in [2.24, 2.45) is 15.9 Å². The normalized spacial score (nSPS) is 19.5. The second-order valence-corrected chi connectivity index (χ2v) is 13.5. The number of nitrogens with zero attached hydrogens (tertiary/aromatic N) is 2. The average Bonchev–Trinajstić information content (AvgIpc) is 3.04. The van der Waals surface area contributed by atoms with Gasteiger partial charge in [0, 0.05) is 38.2 Å². The molecule has 2 atom stereocenters. The number of fused-ring (bicyclic) bond motifs is 1. The summed E-state index contributed by atoms with van der Waals surface area (Å²) in [5, 5.41) is 3.03. The van der Waals surface area contributed by atoms with Crippen molar-refractivity contribution in [2.75, 3.05) is 19.7 Å². The van der Waals surface area contributed by atoms with Gasteiger partial charge in [0.2, 0.25) is 0 Å². The quantitative estimate of drug-likeness (QED) is 0.0940. The first-order valence-corrected chi connectivity index (χ1v) is 16.9. The number of carbonyl (C=O) groups is 2. The van der Waals surface area contributed by atoms with E-state index >= 15 is 0 Å². The third kappa shape index (κ3) is 7.45. The third-order valence-corrected chi connectivity index (χ3v) is 9.78. The van der Waals surface area contributed by atoms with Crippen molar-refractivity contribution < 1.29 is 22.7 Å². The van der Waals surface area contributed by atoms with Crippen molar-refractivity contribution in [3.8, 4) is 0 Å². The molecular weight excluding hydrogens is 602 g/mol. The van der Waals surface area contributed by atoms with Crippen LogP contribution in [-0.2, 0) is 50.3 Å². The summed E-state index contributed by atoms with van der Waals surface area (Å²) in [6, 6.07) is 21.0. The summed E-state index contributed by atoms with van der Waals surface area (Å²) in [6.45, 7) is 6.33. The Morgan fingerprint density at radius 3 is 2.54 bits per heavy atom. The van der Waals surface area contributed by atoms with Crippen molar-refractivity contribution in [3.63, 3.8) is 0 Å². The molecule has 0 saturated carbocycles. The number of nitrogens with two attached hydrogens (primary N) is 2. The molecule has 2 heterocycles. The maximum Gasteiger partial charge on any atom is 0.334 e. The summed E-state index contributed by atoms with van der Waals surface area (Å²) in [4.78, 5) is 28.9. The van der Waals surface area contributed by atoms with Crippen molar-refractivity contribution >= 4 is 27.6 Å². The van der Waals surface area contributed by atoms with E-state index < -0.39 is 33.4 Å². The van der Waals surface area contributed by atoms with E-state index in [2.05, 4.69) is 26.7 Å². The van der Waals surface area contributed by atoms with Gasteiger partial charge >= 0.3 is 5.97 Å². The Kier molecular flexibility index (Phi) is 10.2. The fourth-order valence-corrected chi connectivity index (χ4v) is 7.11. The number of hydrogen-bond acceptors (Lipinski definition) is 8. The molecule has 0 bridgehead atoms. The van der Waals surface area contributed by atoms with Crippen molar-refractivity contribution in [1.82, 2.24) is 10.2 Å². The van der Waals surface area contributed by atoms with Gasteiger partial charge < -0.3 is 16.2 Å². The predicted octanol–water partition coefficient (Wildman–Crippen LogP) is 3.02. The van der Waals surface area contributed by atoms with Gasteiger partial charge in [0.05, 0.1) is 17.5 Å². The standard InChI is InChI=1S/C35H41N5O5S/c1-3-45-34(42)35(21-24(2)14-16-38-35)32(41)31(36)19-26-10-7-11-28(18-26)33(37)39-46(43,44)30-13-12-27-15-17-40(23-29(27)20-30)22-25-8-5-4-6-9-25/h4-14,18,20,31,38H,3,15-17,19,21-23,36H2,1-2H3,(H2,37,39)/t31?,35-/m1/s1. The molecule has 0 aromatic heterocycles. The largest absolute Gasteiger partial charge is 0.464 e. The molecule has 5 N–H and O–H groups in total. The highest BCUT2D eigenvalue weighted by Gasteiger charge is 2.49. The number of carbonyl (C=O) groups excluding carboxylic acids is 2. The van der Waals surface area contributed by atoms with Crippen molar-refractivity contribution in [3.05, 3.63) is 112 Å². The zero-order chi connectivity index (χ0) is 32.9. The van der Waals surface area contributed by atoms with E-state index in [4.69, 9.17) is 16.2 Å². The first kappa shape index (κ1) is 33.2. The van der Waals surface area contributed by atoms with Crippen molar-refractivity contribution in [1.29, 1.82) is 0 Å². The number of hydrogen-bond donors (Lipinski definition) is 3. The minimum Gasteiger partial charge on any atom is -0.464 e. The van der Waals surface area contributed by atoms with Crippen LogP contribution in [0.1, 0.15) is 48.1 Å². The van der Waals surface area contributed by atoms with Crippen LogP contribution in [0.5, 0.6) is 0 Å². The lowest BCUT2D eigenvalue weighted by Crippen LogP contribution is -2.64. The first-order chi connectivity index (χ1) is 22.0. The number of ketones is 1. The molecule has 3 aromatic rings. The van der Waals surface area contributed by atoms with Crippen molar-refractivity contribution in [2.45, 2.75) is 62.7 Å². The van der Waals surface area contributed by atoms with Gasteiger partial charge in [-0.25, -0.2) is 4.79 Å². The number of Topliss-reactive ketones (excluding diaryl/α,β-unsaturated/α-hetero) is 1. The SMILES string of the molecule is CCOC(=O)[C@]1(C(=O)C(N)Cc2cccc(C(N)=NS(=O)(=O)c3ccc4c(c3)CN(Cc3ccccc3)CC4)c2)CC(C)=CCN1. The first-order valence-electron chi connectivity index (χ1n) is 15.5. The molecule has 1 unspecified atom stereocenters. The van der Waals surface area contributed by atoms with E-state index in [0.29, 0.717) is 24.2 Å². The molecule has 2 aliphatic rings. The second-order valence-electron chi connectivity index (χ2n) is 11.9. The number of nitrogens with one attached hydrogen (secondary N) is 1. The highest BCUT2D eigenvalue weighted by atomic mass is 32.2. The molecule has 242 valence electrons. The van der Waals surface area contributed by atoms with Gasteiger partial charge in [-0.15, -0.1) is 4.40 Å². The number of ether oxygens (including phenoxy) is 1. The smallest absolute Gasteiger partial charge is 0.334 e. The van der Waals surface area contributed by atoms with Gasteiger partial charge in [-0.05, 0) is 67.1 Å². The second kappa shape index (κ2) is 14.1. The minimum atomic E-state index is -4.11. The van der Waals surface area contributed by atoms with Crippen LogP contribution in [0.4, 0.5) is 0 Å². The number of benzene rings is 3. The van der Waals surface area contributed by atoms with E-state index in [0.717, 1.165) is 36.2 Å².